The van der Waals surface area contributed by atoms with Gasteiger partial charge >= 0.3 is 0 Å². The molecule has 0 aliphatic heterocycles. The van der Waals surface area contributed by atoms with Crippen LogP contribution < -0.4 is 5.73 Å². The van der Waals surface area contributed by atoms with E-state index in [9.17, 15) is 0 Å². The summed E-state index contributed by atoms with van der Waals surface area (Å²) >= 11 is 0. The van der Waals surface area contributed by atoms with Crippen LogP contribution in [0, 0.1) is 20.8 Å². The second-order valence-corrected chi connectivity index (χ2v) is 2.18. The second kappa shape index (κ2) is 4.79. The van der Waals surface area contributed by atoms with Crippen LogP contribution in [0.15, 0.2) is 6.20 Å². The maximum Gasteiger partial charge on any atom is 0.0588 e. The third-order valence-corrected chi connectivity index (χ3v) is 1.31. The Morgan fingerprint density at radius 1 is 1.09 bits per heavy atom. The Morgan fingerprint density at radius 3 is 2.00 bits per heavy atom. The molecule has 0 aliphatic rings. The van der Waals surface area contributed by atoms with Crippen LogP contribution in [-0.4, -0.2) is 17.0 Å². The van der Waals surface area contributed by atoms with Crippen molar-refractivity contribution < 1.29 is 0 Å². The van der Waals surface area contributed by atoms with Crippen LogP contribution in [0.1, 0.15) is 17.1 Å². The number of hydrogen-bond donors (Lipinski definition) is 1. The summed E-state index contributed by atoms with van der Waals surface area (Å²) in [6.07, 6.45) is 1.78. The maximum absolute atomic E-state index is 4.50. The van der Waals surface area contributed by atoms with Gasteiger partial charge in [-0.1, -0.05) is 0 Å². The molecule has 0 atom stereocenters. The van der Waals surface area contributed by atoms with E-state index >= 15 is 0 Å². The topological polar surface area (TPSA) is 51.8 Å². The Labute approximate surface area is 67.7 Å². The van der Waals surface area contributed by atoms with Gasteiger partial charge in [-0.15, -0.1) is 0 Å². The second-order valence-electron chi connectivity index (χ2n) is 2.18. The van der Waals surface area contributed by atoms with E-state index in [-0.39, 0.29) is 0 Å². The molecule has 3 nitrogen and oxygen atoms in total. The molecule has 0 aromatic carbocycles. The zero-order chi connectivity index (χ0) is 8.85. The molecule has 0 saturated carbocycles. The molecule has 0 spiro atoms. The monoisotopic (exact) mass is 153 g/mol. The fraction of sp³-hybridized carbons (Fsp3) is 0.500. The molecule has 0 radical (unpaired) electrons. The molecular weight excluding hydrogens is 138 g/mol. The SMILES string of the molecule is CN.Cc1cnc(C)c(C)n1. The molecule has 0 amide bonds. The van der Waals surface area contributed by atoms with Crippen molar-refractivity contribution in [1.82, 2.24) is 9.97 Å². The molecule has 1 rings (SSSR count). The van der Waals surface area contributed by atoms with Gasteiger partial charge in [-0.2, -0.15) is 0 Å². The number of nitrogens with zero attached hydrogens (tertiary/aromatic N) is 2. The van der Waals surface area contributed by atoms with Crippen LogP contribution in [0.4, 0.5) is 0 Å². The number of nitrogens with two attached hydrogens (primary N) is 1. The summed E-state index contributed by atoms with van der Waals surface area (Å²) in [5.74, 6) is 0. The van der Waals surface area contributed by atoms with Crippen molar-refractivity contribution in [2.75, 3.05) is 7.05 Å². The predicted molar refractivity (Wildman–Crippen MR) is 46.4 cm³/mol. The average molecular weight is 153 g/mol. The third-order valence-electron chi connectivity index (χ3n) is 1.31. The fourth-order valence-corrected chi connectivity index (χ4v) is 0.658. The van der Waals surface area contributed by atoms with E-state index in [0.717, 1.165) is 17.1 Å². The van der Waals surface area contributed by atoms with Crippen LogP contribution in [0.3, 0.4) is 0 Å². The van der Waals surface area contributed by atoms with E-state index in [1.165, 1.54) is 7.05 Å². The number of aromatic nitrogens is 2. The van der Waals surface area contributed by atoms with E-state index in [1.807, 2.05) is 20.8 Å². The van der Waals surface area contributed by atoms with Gasteiger partial charge in [-0.05, 0) is 27.8 Å². The molecule has 62 valence electrons. The highest BCUT2D eigenvalue weighted by molar-refractivity contribution is 5.09. The highest BCUT2D eigenvalue weighted by Gasteiger charge is 1.92. The Kier molecular flexibility index (Phi) is 4.38. The fourth-order valence-electron chi connectivity index (χ4n) is 0.658. The molecule has 0 aliphatic carbocycles. The van der Waals surface area contributed by atoms with Gasteiger partial charge in [-0.25, -0.2) is 0 Å². The lowest BCUT2D eigenvalue weighted by molar-refractivity contribution is 1.00. The molecule has 0 fully saturated rings. The van der Waals surface area contributed by atoms with Crippen LogP contribution in [-0.2, 0) is 0 Å². The van der Waals surface area contributed by atoms with Crippen LogP contribution in [0.25, 0.3) is 0 Å². The van der Waals surface area contributed by atoms with Crippen molar-refractivity contribution >= 4 is 0 Å². The molecule has 3 heteroatoms. The summed E-state index contributed by atoms with van der Waals surface area (Å²) < 4.78 is 0. The van der Waals surface area contributed by atoms with E-state index in [1.54, 1.807) is 6.20 Å². The standard InChI is InChI=1S/C7H10N2.CH5N/c1-5-4-8-6(2)7(3)9-5;1-2/h4H,1-3H3;2H2,1H3. The molecule has 0 bridgehead atoms. The van der Waals surface area contributed by atoms with Gasteiger partial charge in [0.1, 0.15) is 0 Å². The molecule has 0 unspecified atom stereocenters. The van der Waals surface area contributed by atoms with Gasteiger partial charge in [0.15, 0.2) is 0 Å². The molecule has 1 aromatic rings. The zero-order valence-electron chi connectivity index (χ0n) is 7.55. The Balaban J connectivity index is 0.000000461. The molecule has 1 aromatic heterocycles. The lowest BCUT2D eigenvalue weighted by Gasteiger charge is -1.96. The van der Waals surface area contributed by atoms with Crippen molar-refractivity contribution in [3.63, 3.8) is 0 Å². The Hall–Kier alpha value is -0.960. The largest absolute Gasteiger partial charge is 0.333 e. The number of hydrogen-bond acceptors (Lipinski definition) is 3. The minimum Gasteiger partial charge on any atom is -0.333 e. The van der Waals surface area contributed by atoms with E-state index < -0.39 is 0 Å². The van der Waals surface area contributed by atoms with Crippen LogP contribution in [0.5, 0.6) is 0 Å². The lowest BCUT2D eigenvalue weighted by atomic mass is 10.3. The predicted octanol–water partition coefficient (Wildman–Crippen LogP) is 0.977. The first-order valence-electron chi connectivity index (χ1n) is 3.55. The highest BCUT2D eigenvalue weighted by Crippen LogP contribution is 1.98. The Bertz CT molecular complexity index is 221. The van der Waals surface area contributed by atoms with E-state index in [0.29, 0.717) is 0 Å². The first-order valence-corrected chi connectivity index (χ1v) is 3.55. The van der Waals surface area contributed by atoms with Crippen LogP contribution in [0.2, 0.25) is 0 Å². The normalized spacial score (nSPS) is 8.45. The van der Waals surface area contributed by atoms with Crippen molar-refractivity contribution in [3.05, 3.63) is 23.3 Å². The smallest absolute Gasteiger partial charge is 0.0588 e. The Morgan fingerprint density at radius 2 is 1.64 bits per heavy atom. The van der Waals surface area contributed by atoms with E-state index in [2.05, 4.69) is 15.7 Å². The van der Waals surface area contributed by atoms with Gasteiger partial charge in [0.05, 0.1) is 17.1 Å². The van der Waals surface area contributed by atoms with Gasteiger partial charge in [-0.3, -0.25) is 9.97 Å². The third kappa shape index (κ3) is 3.09. The highest BCUT2D eigenvalue weighted by atomic mass is 14.8. The summed E-state index contributed by atoms with van der Waals surface area (Å²) in [4.78, 5) is 8.33. The van der Waals surface area contributed by atoms with Crippen molar-refractivity contribution in [2.45, 2.75) is 20.8 Å². The number of rotatable bonds is 0. The summed E-state index contributed by atoms with van der Waals surface area (Å²) in [6.45, 7) is 5.87. The van der Waals surface area contributed by atoms with E-state index in [4.69, 9.17) is 0 Å². The molecular formula is C8H15N3. The molecule has 0 saturated heterocycles. The van der Waals surface area contributed by atoms with Crippen molar-refractivity contribution in [1.29, 1.82) is 0 Å². The molecule has 1 heterocycles. The molecule has 11 heavy (non-hydrogen) atoms. The maximum atomic E-state index is 4.50. The molecule has 2 N–H and O–H groups in total. The van der Waals surface area contributed by atoms with Gasteiger partial charge in [0.25, 0.3) is 0 Å². The summed E-state index contributed by atoms with van der Waals surface area (Å²) in [7, 11) is 1.50. The minimum atomic E-state index is 0.984. The van der Waals surface area contributed by atoms with Crippen molar-refractivity contribution in [2.24, 2.45) is 5.73 Å². The lowest BCUT2D eigenvalue weighted by Crippen LogP contribution is -1.92. The first kappa shape index (κ1) is 10.0. The minimum absolute atomic E-state index is 0.984. The number of aryl methyl sites for hydroxylation is 3. The summed E-state index contributed by atoms with van der Waals surface area (Å²) in [5.41, 5.74) is 7.52. The summed E-state index contributed by atoms with van der Waals surface area (Å²) in [5, 5.41) is 0. The van der Waals surface area contributed by atoms with Crippen LogP contribution >= 0.6 is 0 Å². The van der Waals surface area contributed by atoms with Crippen molar-refractivity contribution in [3.8, 4) is 0 Å². The van der Waals surface area contributed by atoms with Gasteiger partial charge < -0.3 is 5.73 Å². The quantitative estimate of drug-likeness (QED) is 0.604. The zero-order valence-corrected chi connectivity index (χ0v) is 7.55. The summed E-state index contributed by atoms with van der Waals surface area (Å²) in [6, 6.07) is 0. The first-order chi connectivity index (χ1) is 5.20. The van der Waals surface area contributed by atoms with Gasteiger partial charge in [0, 0.05) is 6.20 Å². The van der Waals surface area contributed by atoms with Gasteiger partial charge in [0.2, 0.25) is 0 Å². The average Bonchev–Trinajstić information content (AvgIpc) is 2.02.